The first-order valence-electron chi connectivity index (χ1n) is 3.96. The van der Waals surface area contributed by atoms with Crippen LogP contribution in [0.2, 0.25) is 0 Å². The van der Waals surface area contributed by atoms with Gasteiger partial charge >= 0.3 is 5.97 Å². The standard InChI is InChI=1S/C8H13NO4/c1-3-7(11)4-9(6(2)10)5-8(12)13/h3-5H2,1-2H3,(H,12,13). The van der Waals surface area contributed by atoms with Gasteiger partial charge in [-0.15, -0.1) is 0 Å². The fourth-order valence-electron chi connectivity index (χ4n) is 0.767. The molecule has 0 radical (unpaired) electrons. The maximum atomic E-state index is 10.9. The Hall–Kier alpha value is -1.39. The van der Waals surface area contributed by atoms with Crippen LogP contribution in [-0.2, 0) is 14.4 Å². The van der Waals surface area contributed by atoms with Crippen LogP contribution in [0.15, 0.2) is 0 Å². The Kier molecular flexibility index (Phi) is 4.72. The van der Waals surface area contributed by atoms with Crippen LogP contribution in [0, 0.1) is 0 Å². The van der Waals surface area contributed by atoms with Gasteiger partial charge in [-0.05, 0) is 0 Å². The second-order valence-electron chi connectivity index (χ2n) is 2.66. The number of rotatable bonds is 5. The Balaban J connectivity index is 4.18. The molecule has 0 aromatic rings. The molecule has 0 unspecified atom stereocenters. The Morgan fingerprint density at radius 3 is 2.08 bits per heavy atom. The zero-order chi connectivity index (χ0) is 10.4. The summed E-state index contributed by atoms with van der Waals surface area (Å²) < 4.78 is 0. The van der Waals surface area contributed by atoms with Crippen LogP contribution in [0.4, 0.5) is 0 Å². The number of carbonyl (C=O) groups excluding carboxylic acids is 2. The zero-order valence-corrected chi connectivity index (χ0v) is 7.74. The first kappa shape index (κ1) is 11.6. The average molecular weight is 187 g/mol. The van der Waals surface area contributed by atoms with E-state index in [1.54, 1.807) is 6.92 Å². The Bertz CT molecular complexity index is 224. The van der Waals surface area contributed by atoms with Crippen molar-refractivity contribution in [1.82, 2.24) is 4.90 Å². The molecular weight excluding hydrogens is 174 g/mol. The van der Waals surface area contributed by atoms with Crippen molar-refractivity contribution >= 4 is 17.7 Å². The molecule has 0 aliphatic heterocycles. The fourth-order valence-corrected chi connectivity index (χ4v) is 0.767. The number of ketones is 1. The molecule has 0 bridgehead atoms. The lowest BCUT2D eigenvalue weighted by Gasteiger charge is -2.16. The van der Waals surface area contributed by atoms with Crippen LogP contribution in [0.3, 0.4) is 0 Å². The van der Waals surface area contributed by atoms with Crippen molar-refractivity contribution in [2.75, 3.05) is 13.1 Å². The van der Waals surface area contributed by atoms with Gasteiger partial charge in [0.05, 0.1) is 6.54 Å². The molecule has 0 aliphatic rings. The van der Waals surface area contributed by atoms with E-state index in [1.165, 1.54) is 6.92 Å². The summed E-state index contributed by atoms with van der Waals surface area (Å²) in [6.07, 6.45) is 0.309. The van der Waals surface area contributed by atoms with Gasteiger partial charge in [0.15, 0.2) is 5.78 Å². The lowest BCUT2D eigenvalue weighted by molar-refractivity contribution is -0.144. The number of hydrogen-bond donors (Lipinski definition) is 1. The molecular formula is C8H13NO4. The minimum atomic E-state index is -1.11. The van der Waals surface area contributed by atoms with Crippen LogP contribution in [0.25, 0.3) is 0 Å². The largest absolute Gasteiger partial charge is 0.480 e. The van der Waals surface area contributed by atoms with Crippen LogP contribution in [0.5, 0.6) is 0 Å². The molecule has 5 nitrogen and oxygen atoms in total. The van der Waals surface area contributed by atoms with E-state index < -0.39 is 18.4 Å². The van der Waals surface area contributed by atoms with Gasteiger partial charge in [0.1, 0.15) is 6.54 Å². The monoisotopic (exact) mass is 187 g/mol. The number of nitrogens with zero attached hydrogens (tertiary/aromatic N) is 1. The highest BCUT2D eigenvalue weighted by molar-refractivity contribution is 5.87. The summed E-state index contributed by atoms with van der Waals surface area (Å²) in [5.74, 6) is -1.65. The third kappa shape index (κ3) is 4.95. The van der Waals surface area contributed by atoms with E-state index in [1.807, 2.05) is 0 Å². The van der Waals surface area contributed by atoms with Gasteiger partial charge in [-0.25, -0.2) is 0 Å². The molecule has 0 aromatic carbocycles. The molecule has 0 aromatic heterocycles. The van der Waals surface area contributed by atoms with Crippen LogP contribution >= 0.6 is 0 Å². The van der Waals surface area contributed by atoms with E-state index in [2.05, 4.69) is 0 Å². The molecule has 1 N–H and O–H groups in total. The SMILES string of the molecule is CCC(=O)CN(CC(=O)O)C(C)=O. The lowest BCUT2D eigenvalue weighted by atomic mass is 10.3. The number of carbonyl (C=O) groups is 3. The molecule has 0 atom stereocenters. The molecule has 0 heterocycles. The molecule has 74 valence electrons. The van der Waals surface area contributed by atoms with E-state index >= 15 is 0 Å². The predicted octanol–water partition coefficient (Wildman–Crippen LogP) is -0.101. The van der Waals surface area contributed by atoms with Gasteiger partial charge < -0.3 is 10.0 Å². The molecule has 0 saturated carbocycles. The Morgan fingerprint density at radius 2 is 1.77 bits per heavy atom. The van der Waals surface area contributed by atoms with E-state index in [4.69, 9.17) is 5.11 Å². The minimum Gasteiger partial charge on any atom is -0.480 e. The van der Waals surface area contributed by atoms with Crippen LogP contribution in [0.1, 0.15) is 20.3 Å². The number of aliphatic carboxylic acids is 1. The van der Waals surface area contributed by atoms with Gasteiger partial charge in [0.2, 0.25) is 5.91 Å². The summed E-state index contributed by atoms with van der Waals surface area (Å²) >= 11 is 0. The summed E-state index contributed by atoms with van der Waals surface area (Å²) in [4.78, 5) is 33.0. The van der Waals surface area contributed by atoms with E-state index in [-0.39, 0.29) is 12.3 Å². The third-order valence-electron chi connectivity index (χ3n) is 1.53. The quantitative estimate of drug-likeness (QED) is 0.652. The minimum absolute atomic E-state index is 0.113. The van der Waals surface area contributed by atoms with Gasteiger partial charge in [-0.2, -0.15) is 0 Å². The van der Waals surface area contributed by atoms with E-state index in [0.29, 0.717) is 6.42 Å². The van der Waals surface area contributed by atoms with Gasteiger partial charge in [0.25, 0.3) is 0 Å². The van der Waals surface area contributed by atoms with Crippen molar-refractivity contribution in [2.45, 2.75) is 20.3 Å². The number of hydrogen-bond acceptors (Lipinski definition) is 3. The molecule has 13 heavy (non-hydrogen) atoms. The molecule has 0 spiro atoms. The summed E-state index contributed by atoms with van der Waals surface area (Å²) in [6, 6.07) is 0. The first-order valence-corrected chi connectivity index (χ1v) is 3.96. The number of Topliss-reactive ketones (excluding diaryl/α,β-unsaturated/α-hetero) is 1. The number of carboxylic acid groups (broad SMARTS) is 1. The Labute approximate surface area is 76.3 Å². The highest BCUT2D eigenvalue weighted by atomic mass is 16.4. The zero-order valence-electron chi connectivity index (χ0n) is 7.74. The van der Waals surface area contributed by atoms with Crippen molar-refractivity contribution in [3.8, 4) is 0 Å². The second-order valence-corrected chi connectivity index (χ2v) is 2.66. The van der Waals surface area contributed by atoms with Crippen molar-refractivity contribution < 1.29 is 19.5 Å². The molecule has 0 rings (SSSR count). The van der Waals surface area contributed by atoms with Crippen molar-refractivity contribution in [3.63, 3.8) is 0 Å². The maximum Gasteiger partial charge on any atom is 0.323 e. The fraction of sp³-hybridized carbons (Fsp3) is 0.625. The molecule has 0 aliphatic carbocycles. The molecule has 0 fully saturated rings. The van der Waals surface area contributed by atoms with E-state index in [9.17, 15) is 14.4 Å². The lowest BCUT2D eigenvalue weighted by Crippen LogP contribution is -2.37. The van der Waals surface area contributed by atoms with Gasteiger partial charge in [-0.1, -0.05) is 6.92 Å². The smallest absolute Gasteiger partial charge is 0.323 e. The predicted molar refractivity (Wildman–Crippen MR) is 45.2 cm³/mol. The third-order valence-corrected chi connectivity index (χ3v) is 1.53. The van der Waals surface area contributed by atoms with Crippen LogP contribution < -0.4 is 0 Å². The van der Waals surface area contributed by atoms with Crippen molar-refractivity contribution in [3.05, 3.63) is 0 Å². The van der Waals surface area contributed by atoms with Gasteiger partial charge in [-0.3, -0.25) is 14.4 Å². The summed E-state index contributed by atoms with van der Waals surface area (Å²) in [7, 11) is 0. The second kappa shape index (κ2) is 5.29. The highest BCUT2D eigenvalue weighted by Crippen LogP contribution is 1.92. The topological polar surface area (TPSA) is 74.7 Å². The van der Waals surface area contributed by atoms with Crippen molar-refractivity contribution in [1.29, 1.82) is 0 Å². The van der Waals surface area contributed by atoms with Gasteiger partial charge in [0, 0.05) is 13.3 Å². The van der Waals surface area contributed by atoms with Crippen molar-refractivity contribution in [2.24, 2.45) is 0 Å². The number of carboxylic acids is 1. The number of amides is 1. The molecule has 5 heteroatoms. The highest BCUT2D eigenvalue weighted by Gasteiger charge is 2.14. The first-order chi connectivity index (χ1) is 5.97. The summed E-state index contributed by atoms with van der Waals surface area (Å²) in [6.45, 7) is 2.38. The maximum absolute atomic E-state index is 10.9. The Morgan fingerprint density at radius 1 is 1.23 bits per heavy atom. The normalized spacial score (nSPS) is 9.38. The summed E-state index contributed by atoms with van der Waals surface area (Å²) in [5, 5.41) is 8.41. The average Bonchev–Trinajstić information content (AvgIpc) is 2.02. The molecule has 1 amide bonds. The van der Waals surface area contributed by atoms with E-state index in [0.717, 1.165) is 4.90 Å². The molecule has 0 saturated heterocycles. The van der Waals surface area contributed by atoms with Crippen LogP contribution in [-0.4, -0.2) is 40.8 Å². The summed E-state index contributed by atoms with van der Waals surface area (Å²) in [5.41, 5.74) is 0.